The second-order valence-corrected chi connectivity index (χ2v) is 9.22. The number of ether oxygens (including phenoxy) is 1. The third-order valence-corrected chi connectivity index (χ3v) is 6.88. The van der Waals surface area contributed by atoms with Gasteiger partial charge in [-0.3, -0.25) is 4.98 Å². The standard InChI is InChI=1S/C25H23Cl2NO2/c26-21-14-23(29)22(27)13-16(21)7-9-25(10-11-25)20-15-28-12-8-18(20)19-3-1-2-4-24(19)30-17-5-6-17/h1-4,8,12-15,17,29H,5-7,9-11H2. The molecule has 0 radical (unpaired) electrons. The van der Waals surface area contributed by atoms with Gasteiger partial charge in [0, 0.05) is 29.0 Å². The fourth-order valence-corrected chi connectivity index (χ4v) is 4.60. The van der Waals surface area contributed by atoms with Crippen LogP contribution in [0.25, 0.3) is 11.1 Å². The van der Waals surface area contributed by atoms with Gasteiger partial charge in [-0.1, -0.05) is 41.4 Å². The molecule has 0 unspecified atom stereocenters. The molecule has 3 aromatic rings. The van der Waals surface area contributed by atoms with Crippen LogP contribution < -0.4 is 4.74 Å². The third-order valence-electron chi connectivity index (χ3n) is 6.23. The summed E-state index contributed by atoms with van der Waals surface area (Å²) < 4.78 is 6.19. The number of nitrogens with zero attached hydrogens (tertiary/aromatic N) is 1. The monoisotopic (exact) mass is 439 g/mol. The van der Waals surface area contributed by atoms with Crippen LogP contribution in [0, 0.1) is 0 Å². The zero-order valence-electron chi connectivity index (χ0n) is 16.6. The lowest BCUT2D eigenvalue weighted by Crippen LogP contribution is -2.11. The van der Waals surface area contributed by atoms with Crippen LogP contribution in [0.3, 0.4) is 0 Å². The minimum atomic E-state index is 0.0216. The van der Waals surface area contributed by atoms with Crippen molar-refractivity contribution < 1.29 is 9.84 Å². The number of phenols is 1. The molecular formula is C25H23Cl2NO2. The van der Waals surface area contributed by atoms with E-state index in [0.717, 1.165) is 55.4 Å². The highest BCUT2D eigenvalue weighted by molar-refractivity contribution is 6.34. The Bertz CT molecular complexity index is 1090. The SMILES string of the molecule is Oc1cc(Cl)c(CCC2(c3cnccc3-c3ccccc3OC3CC3)CC2)cc1Cl. The topological polar surface area (TPSA) is 42.4 Å². The number of benzene rings is 2. The predicted octanol–water partition coefficient (Wildman–Crippen LogP) is 6.97. The first kappa shape index (κ1) is 19.7. The first-order chi connectivity index (χ1) is 14.6. The van der Waals surface area contributed by atoms with E-state index in [1.807, 2.05) is 18.5 Å². The van der Waals surface area contributed by atoms with Crippen LogP contribution in [0.15, 0.2) is 54.9 Å². The van der Waals surface area contributed by atoms with Gasteiger partial charge >= 0.3 is 0 Å². The summed E-state index contributed by atoms with van der Waals surface area (Å²) in [5, 5.41) is 10.7. The van der Waals surface area contributed by atoms with Crippen LogP contribution in [-0.4, -0.2) is 16.2 Å². The number of phenolic OH excluding ortho intramolecular Hbond substituents is 1. The number of aromatic nitrogens is 1. The molecule has 1 heterocycles. The number of aromatic hydroxyl groups is 1. The summed E-state index contributed by atoms with van der Waals surface area (Å²) in [6.45, 7) is 0. The molecule has 0 bridgehead atoms. The summed E-state index contributed by atoms with van der Waals surface area (Å²) in [6, 6.07) is 13.7. The summed E-state index contributed by atoms with van der Waals surface area (Å²) in [6.07, 6.45) is 10.5. The van der Waals surface area contributed by atoms with E-state index in [9.17, 15) is 5.11 Å². The molecule has 154 valence electrons. The number of hydrogen-bond acceptors (Lipinski definition) is 3. The number of halogens is 2. The summed E-state index contributed by atoms with van der Waals surface area (Å²) >= 11 is 12.5. The molecule has 1 N–H and O–H groups in total. The average Bonchev–Trinajstić information content (AvgIpc) is 3.67. The smallest absolute Gasteiger partial charge is 0.135 e. The van der Waals surface area contributed by atoms with Gasteiger partial charge in [-0.15, -0.1) is 0 Å². The van der Waals surface area contributed by atoms with Crippen molar-refractivity contribution in [2.45, 2.75) is 50.0 Å². The molecule has 2 aliphatic rings. The normalized spacial score (nSPS) is 17.0. The van der Waals surface area contributed by atoms with Crippen molar-refractivity contribution in [3.8, 4) is 22.6 Å². The highest BCUT2D eigenvalue weighted by Crippen LogP contribution is 2.55. The lowest BCUT2D eigenvalue weighted by atomic mass is 9.85. The Morgan fingerprint density at radius 2 is 1.83 bits per heavy atom. The quantitative estimate of drug-likeness (QED) is 0.432. The molecule has 0 spiro atoms. The number of rotatable bonds is 7. The summed E-state index contributed by atoms with van der Waals surface area (Å²) in [5.41, 5.74) is 4.67. The number of para-hydroxylation sites is 1. The molecule has 2 aliphatic carbocycles. The van der Waals surface area contributed by atoms with Crippen molar-refractivity contribution in [1.82, 2.24) is 4.98 Å². The molecular weight excluding hydrogens is 417 g/mol. The van der Waals surface area contributed by atoms with Crippen LogP contribution in [-0.2, 0) is 11.8 Å². The van der Waals surface area contributed by atoms with Gasteiger partial charge in [-0.05, 0) is 78.8 Å². The van der Waals surface area contributed by atoms with E-state index in [0.29, 0.717) is 16.1 Å². The molecule has 2 fully saturated rings. The van der Waals surface area contributed by atoms with E-state index in [4.69, 9.17) is 27.9 Å². The Hall–Kier alpha value is -2.23. The predicted molar refractivity (Wildman–Crippen MR) is 121 cm³/mol. The van der Waals surface area contributed by atoms with E-state index in [2.05, 4.69) is 29.2 Å². The molecule has 1 aromatic heterocycles. The lowest BCUT2D eigenvalue weighted by molar-refractivity contribution is 0.304. The first-order valence-corrected chi connectivity index (χ1v) is 11.2. The number of aryl methyl sites for hydroxylation is 1. The van der Waals surface area contributed by atoms with Crippen molar-refractivity contribution in [1.29, 1.82) is 0 Å². The van der Waals surface area contributed by atoms with Crippen molar-refractivity contribution in [2.24, 2.45) is 0 Å². The second-order valence-electron chi connectivity index (χ2n) is 8.41. The van der Waals surface area contributed by atoms with Gasteiger partial charge in [0.15, 0.2) is 0 Å². The fourth-order valence-electron chi connectivity index (χ4n) is 4.16. The Morgan fingerprint density at radius 3 is 2.60 bits per heavy atom. The van der Waals surface area contributed by atoms with Crippen LogP contribution in [0.4, 0.5) is 0 Å². The molecule has 2 aromatic carbocycles. The highest BCUT2D eigenvalue weighted by Gasteiger charge is 2.45. The molecule has 3 nitrogen and oxygen atoms in total. The third kappa shape index (κ3) is 3.89. The summed E-state index contributed by atoms with van der Waals surface area (Å²) in [5.74, 6) is 0.977. The van der Waals surface area contributed by atoms with Crippen LogP contribution in [0.5, 0.6) is 11.5 Å². The molecule has 5 heteroatoms. The Balaban J connectivity index is 1.45. The van der Waals surface area contributed by atoms with E-state index >= 15 is 0 Å². The molecule has 2 saturated carbocycles. The van der Waals surface area contributed by atoms with Crippen molar-refractivity contribution in [3.63, 3.8) is 0 Å². The summed E-state index contributed by atoms with van der Waals surface area (Å²) in [4.78, 5) is 4.46. The first-order valence-electron chi connectivity index (χ1n) is 10.4. The average molecular weight is 440 g/mol. The fraction of sp³-hybridized carbons (Fsp3) is 0.320. The minimum absolute atomic E-state index is 0.0216. The molecule has 5 rings (SSSR count). The maximum Gasteiger partial charge on any atom is 0.135 e. The Labute approximate surface area is 186 Å². The van der Waals surface area contributed by atoms with Gasteiger partial charge in [0.25, 0.3) is 0 Å². The minimum Gasteiger partial charge on any atom is -0.506 e. The van der Waals surface area contributed by atoms with Crippen molar-refractivity contribution in [3.05, 3.63) is 76.0 Å². The number of hydrogen-bond donors (Lipinski definition) is 1. The largest absolute Gasteiger partial charge is 0.506 e. The number of pyridine rings is 1. The van der Waals surface area contributed by atoms with Gasteiger partial charge in [0.05, 0.1) is 11.1 Å². The molecule has 0 saturated heterocycles. The van der Waals surface area contributed by atoms with Crippen molar-refractivity contribution in [2.75, 3.05) is 0 Å². The van der Waals surface area contributed by atoms with E-state index < -0.39 is 0 Å². The maximum absolute atomic E-state index is 9.76. The van der Waals surface area contributed by atoms with E-state index in [1.54, 1.807) is 6.07 Å². The van der Waals surface area contributed by atoms with Crippen LogP contribution >= 0.6 is 23.2 Å². The molecule has 30 heavy (non-hydrogen) atoms. The van der Waals surface area contributed by atoms with Crippen LogP contribution in [0.1, 0.15) is 43.2 Å². The zero-order valence-corrected chi connectivity index (χ0v) is 18.1. The van der Waals surface area contributed by atoms with E-state index in [1.165, 1.54) is 17.2 Å². The van der Waals surface area contributed by atoms with Gasteiger partial charge in [-0.2, -0.15) is 0 Å². The highest BCUT2D eigenvalue weighted by atomic mass is 35.5. The van der Waals surface area contributed by atoms with Gasteiger partial charge in [0.1, 0.15) is 11.5 Å². The Kier molecular flexibility index (Phi) is 5.12. The summed E-state index contributed by atoms with van der Waals surface area (Å²) in [7, 11) is 0. The Morgan fingerprint density at radius 1 is 1.03 bits per heavy atom. The molecule has 0 aliphatic heterocycles. The van der Waals surface area contributed by atoms with E-state index in [-0.39, 0.29) is 11.2 Å². The second kappa shape index (κ2) is 7.79. The van der Waals surface area contributed by atoms with Crippen LogP contribution in [0.2, 0.25) is 10.0 Å². The van der Waals surface area contributed by atoms with Gasteiger partial charge in [0.2, 0.25) is 0 Å². The molecule has 0 atom stereocenters. The van der Waals surface area contributed by atoms with Gasteiger partial charge < -0.3 is 9.84 Å². The lowest BCUT2D eigenvalue weighted by Gasteiger charge is -2.21. The zero-order chi connectivity index (χ0) is 20.7. The van der Waals surface area contributed by atoms with Crippen molar-refractivity contribution >= 4 is 23.2 Å². The van der Waals surface area contributed by atoms with Gasteiger partial charge in [-0.25, -0.2) is 0 Å². The molecule has 0 amide bonds. The maximum atomic E-state index is 9.76.